The topological polar surface area (TPSA) is 37.3 Å². The molecule has 0 aliphatic rings. The first kappa shape index (κ1) is 9.26. The van der Waals surface area contributed by atoms with Gasteiger partial charge in [0.05, 0.1) is 0 Å². The zero-order chi connectivity index (χ0) is 9.30. The highest BCUT2D eigenvalue weighted by Gasteiger charge is 2.13. The molecule has 1 N–H and O–H groups in total. The van der Waals surface area contributed by atoms with Gasteiger partial charge in [0.2, 0.25) is 0 Å². The maximum atomic E-state index is 10.7. The number of hydrogen-bond donors (Lipinski definition) is 1. The molecule has 3 heteroatoms. The summed E-state index contributed by atoms with van der Waals surface area (Å²) in [6, 6.07) is 1.96. The Labute approximate surface area is 75.9 Å². The van der Waals surface area contributed by atoms with Gasteiger partial charge in [-0.3, -0.25) is 0 Å². The van der Waals surface area contributed by atoms with E-state index in [4.69, 9.17) is 5.11 Å². The minimum atomic E-state index is -0.815. The molecule has 0 saturated carbocycles. The molecule has 0 saturated heterocycles. The van der Waals surface area contributed by atoms with Crippen molar-refractivity contribution in [3.05, 3.63) is 21.4 Å². The van der Waals surface area contributed by atoms with Crippen molar-refractivity contribution in [3.63, 3.8) is 0 Å². The SMILES string of the molecule is Cc1cc(C(C)C)sc1C(=O)O. The van der Waals surface area contributed by atoms with Gasteiger partial charge >= 0.3 is 5.97 Å². The fraction of sp³-hybridized carbons (Fsp3) is 0.444. The summed E-state index contributed by atoms with van der Waals surface area (Å²) in [4.78, 5) is 12.3. The van der Waals surface area contributed by atoms with Crippen LogP contribution in [-0.4, -0.2) is 11.1 Å². The van der Waals surface area contributed by atoms with Gasteiger partial charge in [0.15, 0.2) is 0 Å². The molecule has 66 valence electrons. The van der Waals surface area contributed by atoms with Gasteiger partial charge < -0.3 is 5.11 Å². The van der Waals surface area contributed by atoms with Crippen LogP contribution in [0.4, 0.5) is 0 Å². The van der Waals surface area contributed by atoms with Crippen molar-refractivity contribution in [2.24, 2.45) is 0 Å². The molecule has 0 unspecified atom stereocenters. The molecule has 1 heterocycles. The van der Waals surface area contributed by atoms with E-state index in [0.717, 1.165) is 10.4 Å². The molecule has 0 aliphatic carbocycles. The number of hydrogen-bond acceptors (Lipinski definition) is 2. The van der Waals surface area contributed by atoms with Crippen molar-refractivity contribution >= 4 is 17.3 Å². The Kier molecular flexibility index (Phi) is 2.52. The van der Waals surface area contributed by atoms with E-state index in [-0.39, 0.29) is 0 Å². The predicted octanol–water partition coefficient (Wildman–Crippen LogP) is 2.88. The van der Waals surface area contributed by atoms with Crippen LogP contribution in [0.5, 0.6) is 0 Å². The van der Waals surface area contributed by atoms with Gasteiger partial charge in [0, 0.05) is 4.88 Å². The third-order valence-electron chi connectivity index (χ3n) is 1.70. The van der Waals surface area contributed by atoms with Crippen LogP contribution in [0.25, 0.3) is 0 Å². The summed E-state index contributed by atoms with van der Waals surface area (Å²) in [6.07, 6.45) is 0. The number of rotatable bonds is 2. The van der Waals surface area contributed by atoms with E-state index < -0.39 is 5.97 Å². The molecule has 0 aliphatic heterocycles. The first-order chi connectivity index (χ1) is 5.52. The van der Waals surface area contributed by atoms with Crippen molar-refractivity contribution in [2.75, 3.05) is 0 Å². The summed E-state index contributed by atoms with van der Waals surface area (Å²) in [5.41, 5.74) is 0.871. The Hall–Kier alpha value is -0.830. The van der Waals surface area contributed by atoms with Crippen molar-refractivity contribution in [1.29, 1.82) is 0 Å². The summed E-state index contributed by atoms with van der Waals surface area (Å²) < 4.78 is 0. The van der Waals surface area contributed by atoms with E-state index in [1.807, 2.05) is 13.0 Å². The zero-order valence-electron chi connectivity index (χ0n) is 7.42. The van der Waals surface area contributed by atoms with Crippen LogP contribution in [0, 0.1) is 6.92 Å². The van der Waals surface area contributed by atoms with Gasteiger partial charge in [-0.05, 0) is 24.5 Å². The lowest BCUT2D eigenvalue weighted by molar-refractivity contribution is 0.0701. The van der Waals surface area contributed by atoms with Crippen molar-refractivity contribution < 1.29 is 9.90 Å². The molecular weight excluding hydrogens is 172 g/mol. The van der Waals surface area contributed by atoms with Crippen LogP contribution in [0.3, 0.4) is 0 Å². The second-order valence-electron chi connectivity index (χ2n) is 3.12. The standard InChI is InChI=1S/C9H12O2S/c1-5(2)7-4-6(3)8(12-7)9(10)11/h4-5H,1-3H3,(H,10,11). The highest BCUT2D eigenvalue weighted by Crippen LogP contribution is 2.27. The molecule has 0 atom stereocenters. The van der Waals surface area contributed by atoms with Crippen LogP contribution in [0.1, 0.15) is 39.9 Å². The summed E-state index contributed by atoms with van der Waals surface area (Å²) in [7, 11) is 0. The quantitative estimate of drug-likeness (QED) is 0.767. The Morgan fingerprint density at radius 3 is 2.42 bits per heavy atom. The average molecular weight is 184 g/mol. The van der Waals surface area contributed by atoms with Crippen molar-refractivity contribution in [1.82, 2.24) is 0 Å². The summed E-state index contributed by atoms with van der Waals surface area (Å²) in [6.45, 7) is 5.97. The van der Waals surface area contributed by atoms with Gasteiger partial charge in [0.25, 0.3) is 0 Å². The summed E-state index contributed by atoms with van der Waals surface area (Å²) in [5, 5.41) is 8.77. The first-order valence-electron chi connectivity index (χ1n) is 3.86. The summed E-state index contributed by atoms with van der Waals surface area (Å²) >= 11 is 1.38. The lowest BCUT2D eigenvalue weighted by Crippen LogP contribution is -1.93. The highest BCUT2D eigenvalue weighted by molar-refractivity contribution is 7.14. The maximum Gasteiger partial charge on any atom is 0.346 e. The number of aromatic carboxylic acids is 1. The van der Waals surface area contributed by atoms with Gasteiger partial charge in [-0.1, -0.05) is 13.8 Å². The van der Waals surface area contributed by atoms with E-state index in [9.17, 15) is 4.79 Å². The predicted molar refractivity (Wildman–Crippen MR) is 50.1 cm³/mol. The lowest BCUT2D eigenvalue weighted by atomic mass is 10.1. The second kappa shape index (κ2) is 3.27. The number of carboxylic acid groups (broad SMARTS) is 1. The molecule has 2 nitrogen and oxygen atoms in total. The molecule has 1 rings (SSSR count). The number of carbonyl (C=O) groups is 1. The van der Waals surface area contributed by atoms with Crippen LogP contribution >= 0.6 is 11.3 Å². The molecule has 1 aromatic rings. The monoisotopic (exact) mass is 184 g/mol. The van der Waals surface area contributed by atoms with Crippen molar-refractivity contribution in [3.8, 4) is 0 Å². The lowest BCUT2D eigenvalue weighted by Gasteiger charge is -1.96. The normalized spacial score (nSPS) is 10.7. The number of carboxylic acids is 1. The van der Waals surface area contributed by atoms with Crippen LogP contribution in [0.2, 0.25) is 0 Å². The Balaban J connectivity index is 3.09. The van der Waals surface area contributed by atoms with Gasteiger partial charge in [0.1, 0.15) is 4.88 Å². The zero-order valence-corrected chi connectivity index (χ0v) is 8.23. The van der Waals surface area contributed by atoms with Gasteiger partial charge in [-0.2, -0.15) is 0 Å². The van der Waals surface area contributed by atoms with Crippen LogP contribution in [-0.2, 0) is 0 Å². The highest BCUT2D eigenvalue weighted by atomic mass is 32.1. The molecule has 0 aromatic carbocycles. The minimum absolute atomic E-state index is 0.418. The molecule has 0 fully saturated rings. The number of aryl methyl sites for hydroxylation is 1. The minimum Gasteiger partial charge on any atom is -0.477 e. The van der Waals surface area contributed by atoms with Crippen molar-refractivity contribution in [2.45, 2.75) is 26.7 Å². The maximum absolute atomic E-state index is 10.7. The van der Waals surface area contributed by atoms with E-state index in [1.165, 1.54) is 11.3 Å². The summed E-state index contributed by atoms with van der Waals surface area (Å²) in [5.74, 6) is -0.397. The van der Waals surface area contributed by atoms with E-state index in [1.54, 1.807) is 0 Å². The molecule has 0 spiro atoms. The third-order valence-corrected chi connectivity index (χ3v) is 3.23. The van der Waals surface area contributed by atoms with Gasteiger partial charge in [-0.15, -0.1) is 11.3 Å². The van der Waals surface area contributed by atoms with Crippen LogP contribution < -0.4 is 0 Å². The Morgan fingerprint density at radius 1 is 1.58 bits per heavy atom. The van der Waals surface area contributed by atoms with Crippen LogP contribution in [0.15, 0.2) is 6.07 Å². The molecule has 12 heavy (non-hydrogen) atoms. The van der Waals surface area contributed by atoms with E-state index in [2.05, 4.69) is 13.8 Å². The fourth-order valence-corrected chi connectivity index (χ4v) is 2.02. The Morgan fingerprint density at radius 2 is 2.17 bits per heavy atom. The molecule has 0 radical (unpaired) electrons. The Bertz CT molecular complexity index is 299. The first-order valence-corrected chi connectivity index (χ1v) is 4.67. The van der Waals surface area contributed by atoms with Gasteiger partial charge in [-0.25, -0.2) is 4.79 Å². The molecule has 0 amide bonds. The molecular formula is C9H12O2S. The third kappa shape index (κ3) is 1.67. The number of thiophene rings is 1. The molecule has 1 aromatic heterocycles. The molecule has 0 bridgehead atoms. The second-order valence-corrected chi connectivity index (χ2v) is 4.20. The largest absolute Gasteiger partial charge is 0.477 e. The smallest absolute Gasteiger partial charge is 0.346 e. The fourth-order valence-electron chi connectivity index (χ4n) is 1.00. The van der Waals surface area contributed by atoms with E-state index in [0.29, 0.717) is 10.8 Å². The van der Waals surface area contributed by atoms with E-state index >= 15 is 0 Å². The average Bonchev–Trinajstić information content (AvgIpc) is 2.30.